The van der Waals surface area contributed by atoms with Gasteiger partial charge in [-0.3, -0.25) is 5.32 Å². The van der Waals surface area contributed by atoms with Crippen LogP contribution < -0.4 is 27.6 Å². The van der Waals surface area contributed by atoms with Gasteiger partial charge in [0.05, 0.1) is 25.8 Å². The van der Waals surface area contributed by atoms with E-state index in [1.165, 1.54) is 16.9 Å². The Morgan fingerprint density at radius 1 is 1.15 bits per heavy atom. The number of anilines is 3. The largest absolute Gasteiger partial charge is 1.00 e. The van der Waals surface area contributed by atoms with Gasteiger partial charge in [-0.05, 0) is 25.0 Å². The van der Waals surface area contributed by atoms with Gasteiger partial charge in [0.15, 0.2) is 0 Å². The summed E-state index contributed by atoms with van der Waals surface area (Å²) < 4.78 is 2.14. The maximum atomic E-state index is 3.51. The van der Waals surface area contributed by atoms with Crippen molar-refractivity contribution in [3.05, 3.63) is 47.7 Å². The van der Waals surface area contributed by atoms with Gasteiger partial charge in [0, 0.05) is 11.8 Å². The molecule has 0 unspecified atom stereocenters. The molecular formula is C16H22ClN3. The van der Waals surface area contributed by atoms with Crippen LogP contribution >= 0.6 is 0 Å². The standard InChI is InChI=1S/C16H21N3.ClH/c1-5-13-8-6-7-9-15(13)18-14-10-12(2)19(4)16(11-14)17-3;/h6-11H,5H2,1-4H3,(H,17,18);1H. The first kappa shape index (κ1) is 16.3. The van der Waals surface area contributed by atoms with Crippen LogP contribution in [0.4, 0.5) is 17.2 Å². The molecule has 2 N–H and O–H groups in total. The third kappa shape index (κ3) is 3.42. The average Bonchev–Trinajstić information content (AvgIpc) is 2.43. The Labute approximate surface area is 127 Å². The summed E-state index contributed by atoms with van der Waals surface area (Å²) in [6.45, 7) is 4.29. The minimum Gasteiger partial charge on any atom is -1.00 e. The monoisotopic (exact) mass is 291 g/mol. The first-order chi connectivity index (χ1) is 9.15. The Balaban J connectivity index is 0.00000200. The van der Waals surface area contributed by atoms with E-state index in [0.717, 1.165) is 17.9 Å². The second-order valence-electron chi connectivity index (χ2n) is 4.72. The Bertz CT molecular complexity index is 582. The van der Waals surface area contributed by atoms with E-state index < -0.39 is 0 Å². The van der Waals surface area contributed by atoms with E-state index >= 15 is 0 Å². The van der Waals surface area contributed by atoms with Crippen LogP contribution in [-0.4, -0.2) is 7.05 Å². The van der Waals surface area contributed by atoms with E-state index in [9.17, 15) is 0 Å². The molecule has 0 saturated heterocycles. The van der Waals surface area contributed by atoms with Crippen LogP contribution in [0.2, 0.25) is 0 Å². The number of benzene rings is 1. The minimum absolute atomic E-state index is 0. The zero-order valence-electron chi connectivity index (χ0n) is 12.5. The Morgan fingerprint density at radius 2 is 1.85 bits per heavy atom. The van der Waals surface area contributed by atoms with E-state index in [1.807, 2.05) is 7.05 Å². The number of para-hydroxylation sites is 1. The molecule has 1 aromatic heterocycles. The summed E-state index contributed by atoms with van der Waals surface area (Å²) in [4.78, 5) is 0. The van der Waals surface area contributed by atoms with Gasteiger partial charge in [0.1, 0.15) is 5.69 Å². The summed E-state index contributed by atoms with van der Waals surface area (Å²) in [6.07, 6.45) is 1.03. The molecule has 0 amide bonds. The van der Waals surface area contributed by atoms with Crippen LogP contribution in [0.25, 0.3) is 0 Å². The highest BCUT2D eigenvalue weighted by Gasteiger charge is 2.09. The third-order valence-electron chi connectivity index (χ3n) is 3.48. The van der Waals surface area contributed by atoms with Crippen molar-refractivity contribution in [1.82, 2.24) is 0 Å². The van der Waals surface area contributed by atoms with E-state index in [-0.39, 0.29) is 12.4 Å². The molecule has 0 spiro atoms. The van der Waals surface area contributed by atoms with E-state index in [2.05, 4.69) is 72.5 Å². The van der Waals surface area contributed by atoms with Crippen molar-refractivity contribution in [2.45, 2.75) is 20.3 Å². The SMILES string of the molecule is CCc1ccccc1Nc1cc(C)[n+](C)c(NC)c1.[Cl-]. The van der Waals surface area contributed by atoms with Gasteiger partial charge < -0.3 is 17.7 Å². The van der Waals surface area contributed by atoms with Gasteiger partial charge in [-0.1, -0.05) is 25.1 Å². The zero-order valence-corrected chi connectivity index (χ0v) is 13.3. The maximum absolute atomic E-state index is 3.51. The third-order valence-corrected chi connectivity index (χ3v) is 3.48. The van der Waals surface area contributed by atoms with Crippen LogP contribution in [0.1, 0.15) is 18.2 Å². The molecule has 0 aliphatic rings. The Kier molecular flexibility index (Phi) is 5.83. The minimum atomic E-state index is 0. The van der Waals surface area contributed by atoms with E-state index in [0.29, 0.717) is 0 Å². The molecule has 108 valence electrons. The molecule has 0 aliphatic heterocycles. The smallest absolute Gasteiger partial charge is 0.276 e. The summed E-state index contributed by atoms with van der Waals surface area (Å²) in [7, 11) is 4.00. The lowest BCUT2D eigenvalue weighted by Crippen LogP contribution is -3.00. The highest BCUT2D eigenvalue weighted by atomic mass is 35.5. The lowest BCUT2D eigenvalue weighted by atomic mass is 10.1. The summed E-state index contributed by atoms with van der Waals surface area (Å²) in [5.41, 5.74) is 4.84. The molecule has 0 atom stereocenters. The normalized spacial score (nSPS) is 9.80. The average molecular weight is 292 g/mol. The Hall–Kier alpha value is -1.74. The maximum Gasteiger partial charge on any atom is 0.276 e. The van der Waals surface area contributed by atoms with Gasteiger partial charge in [-0.15, -0.1) is 0 Å². The number of hydrogen-bond donors (Lipinski definition) is 2. The van der Waals surface area contributed by atoms with E-state index in [1.54, 1.807) is 0 Å². The molecule has 1 aromatic carbocycles. The number of aryl methyl sites for hydroxylation is 2. The number of halogens is 1. The summed E-state index contributed by atoms with van der Waals surface area (Å²) >= 11 is 0. The van der Waals surface area contributed by atoms with Crippen LogP contribution in [0.3, 0.4) is 0 Å². The number of rotatable bonds is 4. The second-order valence-corrected chi connectivity index (χ2v) is 4.72. The molecule has 0 bridgehead atoms. The highest BCUT2D eigenvalue weighted by molar-refractivity contribution is 5.64. The molecule has 0 saturated carbocycles. The number of pyridine rings is 1. The molecule has 20 heavy (non-hydrogen) atoms. The van der Waals surface area contributed by atoms with Gasteiger partial charge in [-0.2, -0.15) is 0 Å². The van der Waals surface area contributed by atoms with E-state index in [4.69, 9.17) is 0 Å². The first-order valence-electron chi connectivity index (χ1n) is 6.69. The second kappa shape index (κ2) is 7.15. The molecule has 4 heteroatoms. The fourth-order valence-electron chi connectivity index (χ4n) is 2.22. The summed E-state index contributed by atoms with van der Waals surface area (Å²) in [6, 6.07) is 12.7. The molecule has 3 nitrogen and oxygen atoms in total. The van der Waals surface area contributed by atoms with Crippen molar-refractivity contribution < 1.29 is 17.0 Å². The Morgan fingerprint density at radius 3 is 2.50 bits per heavy atom. The van der Waals surface area contributed by atoms with Gasteiger partial charge in [0.25, 0.3) is 5.82 Å². The van der Waals surface area contributed by atoms with Crippen molar-refractivity contribution in [1.29, 1.82) is 0 Å². The van der Waals surface area contributed by atoms with Crippen molar-refractivity contribution in [2.24, 2.45) is 7.05 Å². The van der Waals surface area contributed by atoms with Crippen molar-refractivity contribution in [3.8, 4) is 0 Å². The topological polar surface area (TPSA) is 27.9 Å². The molecule has 1 heterocycles. The lowest BCUT2D eigenvalue weighted by molar-refractivity contribution is -0.663. The molecular weight excluding hydrogens is 270 g/mol. The molecule has 0 fully saturated rings. The fourth-order valence-corrected chi connectivity index (χ4v) is 2.22. The molecule has 0 aliphatic carbocycles. The lowest BCUT2D eigenvalue weighted by Gasteiger charge is -2.12. The van der Waals surface area contributed by atoms with Gasteiger partial charge >= 0.3 is 0 Å². The van der Waals surface area contributed by atoms with Crippen LogP contribution in [0.15, 0.2) is 36.4 Å². The van der Waals surface area contributed by atoms with Crippen molar-refractivity contribution in [3.63, 3.8) is 0 Å². The number of nitrogens with zero attached hydrogens (tertiary/aromatic N) is 1. The first-order valence-corrected chi connectivity index (χ1v) is 6.69. The van der Waals surface area contributed by atoms with Crippen LogP contribution in [-0.2, 0) is 13.5 Å². The molecule has 2 aromatic rings. The van der Waals surface area contributed by atoms with Crippen LogP contribution in [0.5, 0.6) is 0 Å². The quantitative estimate of drug-likeness (QED) is 0.786. The molecule has 0 radical (unpaired) electrons. The highest BCUT2D eigenvalue weighted by Crippen LogP contribution is 2.22. The predicted molar refractivity (Wildman–Crippen MR) is 81.0 cm³/mol. The number of nitrogens with one attached hydrogen (secondary N) is 2. The summed E-state index contributed by atoms with van der Waals surface area (Å²) in [5, 5.41) is 6.73. The summed E-state index contributed by atoms with van der Waals surface area (Å²) in [5.74, 6) is 1.09. The van der Waals surface area contributed by atoms with Gasteiger partial charge in [-0.25, -0.2) is 4.57 Å². The zero-order chi connectivity index (χ0) is 13.8. The van der Waals surface area contributed by atoms with Crippen molar-refractivity contribution in [2.75, 3.05) is 17.7 Å². The fraction of sp³-hybridized carbons (Fsp3) is 0.312. The molecule has 2 rings (SSSR count). The van der Waals surface area contributed by atoms with Gasteiger partial charge in [0.2, 0.25) is 0 Å². The van der Waals surface area contributed by atoms with Crippen molar-refractivity contribution >= 4 is 17.2 Å². The predicted octanol–water partition coefficient (Wildman–Crippen LogP) is 0.171. The number of aromatic nitrogens is 1. The number of hydrogen-bond acceptors (Lipinski definition) is 2. The van der Waals surface area contributed by atoms with Crippen LogP contribution in [0, 0.1) is 6.92 Å².